The maximum absolute atomic E-state index is 3.72. The lowest BCUT2D eigenvalue weighted by Crippen LogP contribution is -2.17. The summed E-state index contributed by atoms with van der Waals surface area (Å²) in [6.07, 6.45) is 83.9. The zero-order valence-electron chi connectivity index (χ0n) is 49.2. The van der Waals surface area contributed by atoms with Crippen molar-refractivity contribution in [1.82, 2.24) is 5.32 Å². The predicted octanol–water partition coefficient (Wildman–Crippen LogP) is 24.9. The number of nitrogens with one attached hydrogen (secondary N) is 1. The van der Waals surface area contributed by atoms with E-state index >= 15 is 0 Å². The van der Waals surface area contributed by atoms with Gasteiger partial charge >= 0.3 is 0 Å². The molecule has 0 saturated heterocycles. The number of hydrogen-bond donors (Lipinski definition) is 1. The van der Waals surface area contributed by atoms with Crippen LogP contribution in [0.1, 0.15) is 394 Å². The minimum atomic E-state index is 0.996. The average Bonchev–Trinajstić information content (AvgIpc) is 3.36. The molecule has 0 aliphatic carbocycles. The molecule has 0 bridgehead atoms. The average molecular weight is 989 g/mol. The zero-order valence-corrected chi connectivity index (χ0v) is 50.0. The molecule has 0 radical (unpaired) electrons. The standard InChI is InChI=1S/C67H137NS/c1-5-9-13-16-19-21-23-25-26-27-28-29-30-31-32-33-34-35-37-41-46-52-60-67(61-54-50-55-63-68-62-12-8-4)66(58-51-45-40-18-15-11-7-3)59-53-47-42-39-44-49-57-65-69-64-56-48-43-38-36-24-22-20-17-14-10-6-2/h66-68H,5-65H2,1-4H3. The third kappa shape index (κ3) is 59.1. The molecule has 0 heterocycles. The van der Waals surface area contributed by atoms with Gasteiger partial charge in [0.25, 0.3) is 0 Å². The first-order valence-electron chi connectivity index (χ1n) is 33.6. The van der Waals surface area contributed by atoms with Crippen LogP contribution in [-0.4, -0.2) is 24.6 Å². The molecule has 2 unspecified atom stereocenters. The van der Waals surface area contributed by atoms with Gasteiger partial charge in [0.1, 0.15) is 0 Å². The summed E-state index contributed by atoms with van der Waals surface area (Å²) in [6.45, 7) is 11.8. The fourth-order valence-electron chi connectivity index (χ4n) is 11.5. The minimum absolute atomic E-state index is 0.996. The first-order chi connectivity index (χ1) is 34.3. The molecular weight excluding hydrogens is 851 g/mol. The quantitative estimate of drug-likeness (QED) is 0.0610. The Hall–Kier alpha value is 0.310. The van der Waals surface area contributed by atoms with E-state index in [0.29, 0.717) is 0 Å². The molecule has 0 amide bonds. The lowest BCUT2D eigenvalue weighted by molar-refractivity contribution is 0.236. The van der Waals surface area contributed by atoms with Crippen LogP contribution in [0.25, 0.3) is 0 Å². The summed E-state index contributed by atoms with van der Waals surface area (Å²) in [5, 5.41) is 3.72. The lowest BCUT2D eigenvalue weighted by atomic mass is 9.78. The molecule has 0 aliphatic heterocycles. The Kier molecular flexibility index (Phi) is 64.7. The zero-order chi connectivity index (χ0) is 49.7. The Morgan fingerprint density at radius 3 is 0.638 bits per heavy atom. The van der Waals surface area contributed by atoms with Crippen LogP contribution in [0.3, 0.4) is 0 Å². The summed E-state index contributed by atoms with van der Waals surface area (Å²) < 4.78 is 0. The van der Waals surface area contributed by atoms with Crippen molar-refractivity contribution in [2.45, 2.75) is 394 Å². The van der Waals surface area contributed by atoms with E-state index in [4.69, 9.17) is 0 Å². The second-order valence-electron chi connectivity index (χ2n) is 23.4. The van der Waals surface area contributed by atoms with Crippen molar-refractivity contribution >= 4 is 11.8 Å². The molecule has 0 spiro atoms. The topological polar surface area (TPSA) is 12.0 Å². The van der Waals surface area contributed by atoms with E-state index in [9.17, 15) is 0 Å². The fraction of sp³-hybridized carbons (Fsp3) is 1.00. The fourth-order valence-corrected chi connectivity index (χ4v) is 12.5. The Bertz CT molecular complexity index is 858. The van der Waals surface area contributed by atoms with Crippen LogP contribution >= 0.6 is 11.8 Å². The summed E-state index contributed by atoms with van der Waals surface area (Å²) in [6, 6.07) is 0. The molecule has 0 aromatic heterocycles. The van der Waals surface area contributed by atoms with Crippen molar-refractivity contribution in [3.63, 3.8) is 0 Å². The van der Waals surface area contributed by atoms with Crippen molar-refractivity contribution in [3.8, 4) is 0 Å². The highest BCUT2D eigenvalue weighted by Crippen LogP contribution is 2.34. The van der Waals surface area contributed by atoms with Crippen LogP contribution in [0.5, 0.6) is 0 Å². The van der Waals surface area contributed by atoms with Crippen molar-refractivity contribution in [2.75, 3.05) is 24.6 Å². The van der Waals surface area contributed by atoms with Crippen molar-refractivity contribution in [3.05, 3.63) is 0 Å². The molecule has 0 aromatic rings. The molecule has 0 saturated carbocycles. The minimum Gasteiger partial charge on any atom is -0.317 e. The van der Waals surface area contributed by atoms with Gasteiger partial charge in [-0.2, -0.15) is 11.8 Å². The van der Waals surface area contributed by atoms with Crippen LogP contribution < -0.4 is 5.32 Å². The molecule has 0 aromatic carbocycles. The molecule has 1 N–H and O–H groups in total. The van der Waals surface area contributed by atoms with Crippen LogP contribution in [0.15, 0.2) is 0 Å². The van der Waals surface area contributed by atoms with Crippen molar-refractivity contribution in [1.29, 1.82) is 0 Å². The molecule has 2 heteroatoms. The summed E-state index contributed by atoms with van der Waals surface area (Å²) >= 11 is 2.25. The van der Waals surface area contributed by atoms with Gasteiger partial charge in [-0.15, -0.1) is 0 Å². The number of hydrogen-bond acceptors (Lipinski definition) is 2. The highest BCUT2D eigenvalue weighted by Gasteiger charge is 2.21. The van der Waals surface area contributed by atoms with E-state index < -0.39 is 0 Å². The summed E-state index contributed by atoms with van der Waals surface area (Å²) in [4.78, 5) is 0. The third-order valence-corrected chi connectivity index (χ3v) is 17.6. The van der Waals surface area contributed by atoms with E-state index in [1.165, 1.54) is 391 Å². The largest absolute Gasteiger partial charge is 0.317 e. The van der Waals surface area contributed by atoms with Gasteiger partial charge < -0.3 is 5.32 Å². The second kappa shape index (κ2) is 64.4. The lowest BCUT2D eigenvalue weighted by Gasteiger charge is -2.28. The van der Waals surface area contributed by atoms with Crippen molar-refractivity contribution in [2.24, 2.45) is 11.8 Å². The molecule has 2 atom stereocenters. The monoisotopic (exact) mass is 988 g/mol. The highest BCUT2D eigenvalue weighted by molar-refractivity contribution is 7.99. The first-order valence-corrected chi connectivity index (χ1v) is 34.7. The molecular formula is C67H137NS. The van der Waals surface area contributed by atoms with E-state index in [0.717, 1.165) is 11.8 Å². The smallest absolute Gasteiger partial charge is 0.00489 e. The van der Waals surface area contributed by atoms with E-state index in [1.54, 1.807) is 0 Å². The van der Waals surface area contributed by atoms with Gasteiger partial charge in [0.15, 0.2) is 0 Å². The number of thioether (sulfide) groups is 1. The normalized spacial score (nSPS) is 12.7. The first kappa shape index (κ1) is 69.3. The number of unbranched alkanes of at least 4 members (excludes halogenated alkanes) is 47. The van der Waals surface area contributed by atoms with Gasteiger partial charge in [-0.05, 0) is 62.1 Å². The summed E-state index contributed by atoms with van der Waals surface area (Å²) in [5.74, 6) is 4.82. The van der Waals surface area contributed by atoms with Gasteiger partial charge in [-0.1, -0.05) is 368 Å². The van der Waals surface area contributed by atoms with Gasteiger partial charge in [0.05, 0.1) is 0 Å². The molecule has 69 heavy (non-hydrogen) atoms. The highest BCUT2D eigenvalue weighted by atomic mass is 32.2. The Balaban J connectivity index is 4.42. The molecule has 0 fully saturated rings. The molecule has 0 rings (SSSR count). The summed E-state index contributed by atoms with van der Waals surface area (Å²) in [5.41, 5.74) is 0. The van der Waals surface area contributed by atoms with Crippen LogP contribution in [0, 0.1) is 11.8 Å². The Morgan fingerprint density at radius 2 is 0.391 bits per heavy atom. The SMILES string of the molecule is CCCCCCCCCCCCCCCCCCCCCCCCC(CCCCCNCCCC)C(CCCCCCCCC)CCCCCCCCCSCCCCCCCCCCCCCC. The van der Waals surface area contributed by atoms with Crippen LogP contribution in [0.4, 0.5) is 0 Å². The van der Waals surface area contributed by atoms with Gasteiger partial charge in [0.2, 0.25) is 0 Å². The van der Waals surface area contributed by atoms with Crippen LogP contribution in [-0.2, 0) is 0 Å². The van der Waals surface area contributed by atoms with Gasteiger partial charge in [-0.25, -0.2) is 0 Å². The van der Waals surface area contributed by atoms with E-state index in [1.807, 2.05) is 0 Å². The van der Waals surface area contributed by atoms with E-state index in [2.05, 4.69) is 44.8 Å². The maximum atomic E-state index is 3.72. The van der Waals surface area contributed by atoms with E-state index in [-0.39, 0.29) is 0 Å². The third-order valence-electron chi connectivity index (χ3n) is 16.4. The number of rotatable bonds is 64. The molecule has 0 aliphatic rings. The molecule has 1 nitrogen and oxygen atoms in total. The molecule has 416 valence electrons. The van der Waals surface area contributed by atoms with Crippen molar-refractivity contribution < 1.29 is 0 Å². The van der Waals surface area contributed by atoms with Crippen LogP contribution in [0.2, 0.25) is 0 Å². The Labute approximate surface area is 444 Å². The second-order valence-corrected chi connectivity index (χ2v) is 24.6. The van der Waals surface area contributed by atoms with Gasteiger partial charge in [-0.3, -0.25) is 0 Å². The van der Waals surface area contributed by atoms with Gasteiger partial charge in [0, 0.05) is 0 Å². The maximum Gasteiger partial charge on any atom is -0.00489 e. The Morgan fingerprint density at radius 1 is 0.203 bits per heavy atom. The predicted molar refractivity (Wildman–Crippen MR) is 323 cm³/mol. The summed E-state index contributed by atoms with van der Waals surface area (Å²) in [7, 11) is 0.